The molecule has 1 aromatic heterocycles. The van der Waals surface area contributed by atoms with Crippen LogP contribution in [0.25, 0.3) is 0 Å². The molecule has 2 unspecified atom stereocenters. The first-order chi connectivity index (χ1) is 10.3. The SMILES string of the molecule is CCCNC(CCCC1CCCO1)c1ncccc1CC. The summed E-state index contributed by atoms with van der Waals surface area (Å²) < 4.78 is 5.73. The molecule has 0 spiro atoms. The number of hydrogen-bond acceptors (Lipinski definition) is 3. The fourth-order valence-corrected chi connectivity index (χ4v) is 3.14. The maximum atomic E-state index is 5.73. The highest BCUT2D eigenvalue weighted by Crippen LogP contribution is 2.24. The number of nitrogens with one attached hydrogen (secondary N) is 1. The zero-order chi connectivity index (χ0) is 14.9. The van der Waals surface area contributed by atoms with Crippen molar-refractivity contribution in [2.45, 2.75) is 70.9 Å². The highest BCUT2D eigenvalue weighted by Gasteiger charge is 2.18. The van der Waals surface area contributed by atoms with Gasteiger partial charge in [0, 0.05) is 18.8 Å². The molecule has 1 fully saturated rings. The number of hydrogen-bond donors (Lipinski definition) is 1. The average molecular weight is 290 g/mol. The van der Waals surface area contributed by atoms with Gasteiger partial charge < -0.3 is 10.1 Å². The van der Waals surface area contributed by atoms with Crippen molar-refractivity contribution in [1.82, 2.24) is 10.3 Å². The topological polar surface area (TPSA) is 34.1 Å². The number of rotatable bonds is 9. The fourth-order valence-electron chi connectivity index (χ4n) is 3.14. The van der Waals surface area contributed by atoms with Gasteiger partial charge in [0.25, 0.3) is 0 Å². The number of ether oxygens (including phenoxy) is 1. The number of aryl methyl sites for hydroxylation is 1. The van der Waals surface area contributed by atoms with Crippen LogP contribution in [0.4, 0.5) is 0 Å². The van der Waals surface area contributed by atoms with Crippen LogP contribution < -0.4 is 5.32 Å². The fraction of sp³-hybridized carbons (Fsp3) is 0.722. The van der Waals surface area contributed by atoms with Crippen LogP contribution >= 0.6 is 0 Å². The summed E-state index contributed by atoms with van der Waals surface area (Å²) in [5.41, 5.74) is 2.63. The monoisotopic (exact) mass is 290 g/mol. The molecule has 0 aliphatic carbocycles. The van der Waals surface area contributed by atoms with E-state index in [2.05, 4.69) is 30.2 Å². The maximum absolute atomic E-state index is 5.73. The summed E-state index contributed by atoms with van der Waals surface area (Å²) in [4.78, 5) is 4.66. The minimum absolute atomic E-state index is 0.391. The molecule has 2 rings (SSSR count). The van der Waals surface area contributed by atoms with Gasteiger partial charge in [-0.1, -0.05) is 19.9 Å². The zero-order valence-electron chi connectivity index (χ0n) is 13.6. The highest BCUT2D eigenvalue weighted by atomic mass is 16.5. The Morgan fingerprint density at radius 2 is 2.33 bits per heavy atom. The molecule has 0 saturated carbocycles. The Morgan fingerprint density at radius 3 is 3.05 bits per heavy atom. The smallest absolute Gasteiger partial charge is 0.0604 e. The first-order valence-electron chi connectivity index (χ1n) is 8.63. The summed E-state index contributed by atoms with van der Waals surface area (Å²) in [6, 6.07) is 4.65. The van der Waals surface area contributed by atoms with Crippen molar-refractivity contribution in [2.75, 3.05) is 13.2 Å². The molecule has 0 aromatic carbocycles. The van der Waals surface area contributed by atoms with Gasteiger partial charge in [0.05, 0.1) is 11.8 Å². The second-order valence-corrected chi connectivity index (χ2v) is 5.97. The van der Waals surface area contributed by atoms with E-state index >= 15 is 0 Å². The second kappa shape index (κ2) is 9.16. The van der Waals surface area contributed by atoms with E-state index in [4.69, 9.17) is 4.74 Å². The van der Waals surface area contributed by atoms with E-state index in [0.29, 0.717) is 12.1 Å². The molecule has 1 aliphatic rings. The van der Waals surface area contributed by atoms with Crippen LogP contribution in [0.5, 0.6) is 0 Å². The summed E-state index contributed by atoms with van der Waals surface area (Å²) in [7, 11) is 0. The van der Waals surface area contributed by atoms with Crippen LogP contribution in [-0.4, -0.2) is 24.2 Å². The molecule has 1 aromatic rings. The quantitative estimate of drug-likeness (QED) is 0.745. The summed E-state index contributed by atoms with van der Waals surface area (Å²) in [6.45, 7) is 6.45. The van der Waals surface area contributed by atoms with E-state index in [0.717, 1.165) is 32.4 Å². The van der Waals surface area contributed by atoms with Gasteiger partial charge in [0.15, 0.2) is 0 Å². The lowest BCUT2D eigenvalue weighted by atomic mass is 9.98. The van der Waals surface area contributed by atoms with Crippen molar-refractivity contribution in [3.8, 4) is 0 Å². The predicted molar refractivity (Wildman–Crippen MR) is 87.5 cm³/mol. The number of aromatic nitrogens is 1. The van der Waals surface area contributed by atoms with Crippen LogP contribution in [0.1, 0.15) is 69.7 Å². The summed E-state index contributed by atoms with van der Waals surface area (Å²) in [5.74, 6) is 0. The molecular formula is C18H30N2O. The molecule has 1 saturated heterocycles. The van der Waals surface area contributed by atoms with Crippen LogP contribution in [0, 0.1) is 0 Å². The Kier molecular flexibility index (Phi) is 7.17. The average Bonchev–Trinajstić information content (AvgIpc) is 3.04. The predicted octanol–water partition coefficient (Wildman–Crippen LogP) is 4.03. The third kappa shape index (κ3) is 5.08. The third-order valence-electron chi connectivity index (χ3n) is 4.32. The van der Waals surface area contributed by atoms with Crippen molar-refractivity contribution in [3.05, 3.63) is 29.6 Å². The Balaban J connectivity index is 1.92. The molecule has 0 bridgehead atoms. The Bertz CT molecular complexity index is 402. The maximum Gasteiger partial charge on any atom is 0.0604 e. The lowest BCUT2D eigenvalue weighted by Gasteiger charge is -2.21. The first kappa shape index (κ1) is 16.4. The summed E-state index contributed by atoms with van der Waals surface area (Å²) >= 11 is 0. The molecule has 1 N–H and O–H groups in total. The van der Waals surface area contributed by atoms with E-state index in [1.54, 1.807) is 0 Å². The van der Waals surface area contributed by atoms with E-state index in [1.165, 1.54) is 36.9 Å². The second-order valence-electron chi connectivity index (χ2n) is 5.97. The van der Waals surface area contributed by atoms with E-state index in [9.17, 15) is 0 Å². The Labute approximate surface area is 129 Å². The van der Waals surface area contributed by atoms with Crippen molar-refractivity contribution in [3.63, 3.8) is 0 Å². The van der Waals surface area contributed by atoms with Gasteiger partial charge in [-0.15, -0.1) is 0 Å². The van der Waals surface area contributed by atoms with Gasteiger partial charge in [-0.25, -0.2) is 0 Å². The van der Waals surface area contributed by atoms with Gasteiger partial charge in [-0.2, -0.15) is 0 Å². The van der Waals surface area contributed by atoms with Gasteiger partial charge in [-0.3, -0.25) is 4.98 Å². The lowest BCUT2D eigenvalue weighted by molar-refractivity contribution is 0.101. The number of pyridine rings is 1. The zero-order valence-corrected chi connectivity index (χ0v) is 13.6. The van der Waals surface area contributed by atoms with Crippen molar-refractivity contribution in [2.24, 2.45) is 0 Å². The van der Waals surface area contributed by atoms with Gasteiger partial charge in [-0.05, 0) is 63.1 Å². The van der Waals surface area contributed by atoms with Crippen LogP contribution in [0.15, 0.2) is 18.3 Å². The van der Waals surface area contributed by atoms with E-state index in [1.807, 2.05) is 12.3 Å². The van der Waals surface area contributed by atoms with Gasteiger partial charge >= 0.3 is 0 Å². The highest BCUT2D eigenvalue weighted by molar-refractivity contribution is 5.22. The molecule has 118 valence electrons. The lowest BCUT2D eigenvalue weighted by Crippen LogP contribution is -2.24. The molecule has 2 atom stereocenters. The van der Waals surface area contributed by atoms with Crippen molar-refractivity contribution >= 4 is 0 Å². The summed E-state index contributed by atoms with van der Waals surface area (Å²) in [5, 5.41) is 3.68. The van der Waals surface area contributed by atoms with E-state index < -0.39 is 0 Å². The third-order valence-corrected chi connectivity index (χ3v) is 4.32. The number of nitrogens with zero attached hydrogens (tertiary/aromatic N) is 1. The molecule has 0 amide bonds. The Hall–Kier alpha value is -0.930. The molecule has 1 aliphatic heterocycles. The molecule has 3 heteroatoms. The normalized spacial score (nSPS) is 19.8. The Morgan fingerprint density at radius 1 is 1.43 bits per heavy atom. The van der Waals surface area contributed by atoms with Crippen molar-refractivity contribution < 1.29 is 4.74 Å². The van der Waals surface area contributed by atoms with Crippen LogP contribution in [0.3, 0.4) is 0 Å². The largest absolute Gasteiger partial charge is 0.378 e. The summed E-state index contributed by atoms with van der Waals surface area (Å²) in [6.07, 6.45) is 10.7. The minimum Gasteiger partial charge on any atom is -0.378 e. The molecule has 21 heavy (non-hydrogen) atoms. The first-order valence-corrected chi connectivity index (χ1v) is 8.63. The van der Waals surface area contributed by atoms with Crippen LogP contribution in [-0.2, 0) is 11.2 Å². The molecule has 2 heterocycles. The van der Waals surface area contributed by atoms with Crippen LogP contribution in [0.2, 0.25) is 0 Å². The van der Waals surface area contributed by atoms with Gasteiger partial charge in [0.2, 0.25) is 0 Å². The molecule has 0 radical (unpaired) electrons. The molecule has 3 nitrogen and oxygen atoms in total. The standard InChI is InChI=1S/C18H30N2O/c1-3-12-19-17(11-5-9-16-10-7-14-21-16)18-15(4-2)8-6-13-20-18/h6,8,13,16-17,19H,3-5,7,9-12,14H2,1-2H3. The van der Waals surface area contributed by atoms with E-state index in [-0.39, 0.29) is 0 Å². The minimum atomic E-state index is 0.391. The van der Waals surface area contributed by atoms with Gasteiger partial charge in [0.1, 0.15) is 0 Å². The van der Waals surface area contributed by atoms with Crippen molar-refractivity contribution in [1.29, 1.82) is 0 Å². The molecular weight excluding hydrogens is 260 g/mol.